The third-order valence-corrected chi connectivity index (χ3v) is 4.74. The molecule has 1 amide bonds. The molecule has 3 aromatic rings. The van der Waals surface area contributed by atoms with Crippen LogP contribution in [0.2, 0.25) is 0 Å². The summed E-state index contributed by atoms with van der Waals surface area (Å²) in [6.45, 7) is 3.46. The molecule has 2 aromatic carbocycles. The number of carbonyl (C=O) groups is 1. The number of hydrazone groups is 1. The van der Waals surface area contributed by atoms with E-state index in [0.29, 0.717) is 11.3 Å². The summed E-state index contributed by atoms with van der Waals surface area (Å²) < 4.78 is 1.01. The number of aryl methyl sites for hydroxylation is 1. The predicted molar refractivity (Wildman–Crippen MR) is 117 cm³/mol. The maximum atomic E-state index is 12.7. The van der Waals surface area contributed by atoms with Gasteiger partial charge in [0.25, 0.3) is 17.2 Å². The molecule has 0 bridgehead atoms. The fourth-order valence-electron chi connectivity index (χ4n) is 2.90. The molecule has 0 aliphatic heterocycles. The summed E-state index contributed by atoms with van der Waals surface area (Å²) in [7, 11) is 0. The second-order valence-electron chi connectivity index (χ2n) is 6.75. The average molecular weight is 430 g/mol. The fraction of sp³-hybridized carbons (Fsp3) is 0.136. The SMILES string of the molecule is CCc1ccc(-n2nc(C(=O)N/N=C/c3ccc([N+](=O)[O-])cc3)c(C)c(C#N)c2=O)cc1. The number of aromatic nitrogens is 2. The largest absolute Gasteiger partial charge is 0.292 e. The van der Waals surface area contributed by atoms with Crippen LogP contribution in [0.15, 0.2) is 58.4 Å². The molecule has 0 saturated heterocycles. The highest BCUT2D eigenvalue weighted by molar-refractivity contribution is 5.94. The van der Waals surface area contributed by atoms with E-state index < -0.39 is 16.4 Å². The van der Waals surface area contributed by atoms with Crippen LogP contribution in [0.3, 0.4) is 0 Å². The lowest BCUT2D eigenvalue weighted by molar-refractivity contribution is -0.384. The number of nitro groups is 1. The monoisotopic (exact) mass is 430 g/mol. The van der Waals surface area contributed by atoms with Crippen molar-refractivity contribution in [2.45, 2.75) is 20.3 Å². The molecule has 0 radical (unpaired) electrons. The maximum absolute atomic E-state index is 12.7. The van der Waals surface area contributed by atoms with Crippen LogP contribution < -0.4 is 11.0 Å². The zero-order chi connectivity index (χ0) is 23.3. The van der Waals surface area contributed by atoms with Crippen LogP contribution in [-0.4, -0.2) is 26.8 Å². The lowest BCUT2D eigenvalue weighted by Crippen LogP contribution is -2.31. The van der Waals surface area contributed by atoms with Gasteiger partial charge in [-0.15, -0.1) is 0 Å². The Morgan fingerprint density at radius 2 is 1.91 bits per heavy atom. The number of carbonyl (C=O) groups excluding carboxylic acids is 1. The zero-order valence-corrected chi connectivity index (χ0v) is 17.3. The van der Waals surface area contributed by atoms with Gasteiger partial charge in [0.2, 0.25) is 0 Å². The van der Waals surface area contributed by atoms with Gasteiger partial charge in [0.05, 0.1) is 16.8 Å². The number of amides is 1. The third-order valence-electron chi connectivity index (χ3n) is 4.74. The van der Waals surface area contributed by atoms with E-state index in [1.807, 2.05) is 25.1 Å². The topological polar surface area (TPSA) is 143 Å². The van der Waals surface area contributed by atoms with Crippen LogP contribution in [0.25, 0.3) is 5.69 Å². The number of nitriles is 1. The number of rotatable bonds is 6. The average Bonchev–Trinajstić information content (AvgIpc) is 2.80. The number of non-ortho nitro benzene ring substituents is 1. The second-order valence-corrected chi connectivity index (χ2v) is 6.75. The Labute approximate surface area is 182 Å². The minimum absolute atomic E-state index is 0.0655. The van der Waals surface area contributed by atoms with Gasteiger partial charge in [-0.25, -0.2) is 5.43 Å². The van der Waals surface area contributed by atoms with Crippen molar-refractivity contribution in [2.75, 3.05) is 0 Å². The van der Waals surface area contributed by atoms with Gasteiger partial charge >= 0.3 is 0 Å². The number of nitrogens with zero attached hydrogens (tertiary/aromatic N) is 5. The maximum Gasteiger partial charge on any atom is 0.292 e. The molecule has 10 heteroatoms. The second kappa shape index (κ2) is 9.44. The number of benzene rings is 2. The molecule has 0 fully saturated rings. The third kappa shape index (κ3) is 4.57. The molecule has 0 saturated carbocycles. The summed E-state index contributed by atoms with van der Waals surface area (Å²) >= 11 is 0. The first-order chi connectivity index (χ1) is 15.3. The normalized spacial score (nSPS) is 10.7. The first-order valence-corrected chi connectivity index (χ1v) is 9.57. The van der Waals surface area contributed by atoms with Gasteiger partial charge < -0.3 is 0 Å². The first kappa shape index (κ1) is 22.0. The molecule has 0 unspecified atom stereocenters. The number of nitro benzene ring substituents is 1. The van der Waals surface area contributed by atoms with Crippen LogP contribution in [0.5, 0.6) is 0 Å². The van der Waals surface area contributed by atoms with Crippen LogP contribution in [0.4, 0.5) is 5.69 Å². The molecule has 0 aliphatic carbocycles. The Morgan fingerprint density at radius 3 is 2.47 bits per heavy atom. The summed E-state index contributed by atoms with van der Waals surface area (Å²) in [5.41, 5.74) is 3.45. The van der Waals surface area contributed by atoms with E-state index in [-0.39, 0.29) is 22.5 Å². The van der Waals surface area contributed by atoms with Crippen molar-refractivity contribution in [1.29, 1.82) is 5.26 Å². The van der Waals surface area contributed by atoms with Crippen molar-refractivity contribution in [3.63, 3.8) is 0 Å². The van der Waals surface area contributed by atoms with Gasteiger partial charge in [0.1, 0.15) is 11.6 Å². The van der Waals surface area contributed by atoms with Crippen molar-refractivity contribution in [1.82, 2.24) is 15.2 Å². The number of nitrogens with one attached hydrogen (secondary N) is 1. The highest BCUT2D eigenvalue weighted by atomic mass is 16.6. The van der Waals surface area contributed by atoms with E-state index in [1.165, 1.54) is 37.4 Å². The highest BCUT2D eigenvalue weighted by Crippen LogP contribution is 2.13. The lowest BCUT2D eigenvalue weighted by Gasteiger charge is -2.11. The molecule has 32 heavy (non-hydrogen) atoms. The van der Waals surface area contributed by atoms with Gasteiger partial charge in [-0.05, 0) is 48.7 Å². The van der Waals surface area contributed by atoms with Gasteiger partial charge in [0.15, 0.2) is 5.69 Å². The molecule has 1 aromatic heterocycles. The van der Waals surface area contributed by atoms with Crippen molar-refractivity contribution in [2.24, 2.45) is 5.10 Å². The predicted octanol–water partition coefficient (Wildman–Crippen LogP) is 2.65. The van der Waals surface area contributed by atoms with E-state index in [9.17, 15) is 25.0 Å². The molecule has 1 N–H and O–H groups in total. The summed E-state index contributed by atoms with van der Waals surface area (Å²) in [5, 5.41) is 28.1. The molecule has 0 spiro atoms. The molecular formula is C22H18N6O4. The Balaban J connectivity index is 1.90. The van der Waals surface area contributed by atoms with Crippen molar-refractivity contribution in [3.05, 3.63) is 96.9 Å². The summed E-state index contributed by atoms with van der Waals surface area (Å²) in [6.07, 6.45) is 2.13. The van der Waals surface area contributed by atoms with E-state index in [1.54, 1.807) is 12.1 Å². The Hall–Kier alpha value is -4.65. The van der Waals surface area contributed by atoms with Crippen molar-refractivity contribution >= 4 is 17.8 Å². The number of hydrogen-bond acceptors (Lipinski definition) is 7. The minimum Gasteiger partial charge on any atom is -0.266 e. The Morgan fingerprint density at radius 1 is 1.25 bits per heavy atom. The van der Waals surface area contributed by atoms with E-state index in [2.05, 4.69) is 15.6 Å². The smallest absolute Gasteiger partial charge is 0.266 e. The van der Waals surface area contributed by atoms with E-state index >= 15 is 0 Å². The molecular weight excluding hydrogens is 412 g/mol. The molecule has 10 nitrogen and oxygen atoms in total. The zero-order valence-electron chi connectivity index (χ0n) is 17.3. The van der Waals surface area contributed by atoms with E-state index in [0.717, 1.165) is 16.7 Å². The molecule has 0 atom stereocenters. The van der Waals surface area contributed by atoms with Crippen LogP contribution in [0.1, 0.15) is 39.7 Å². The molecule has 1 heterocycles. The molecule has 3 rings (SSSR count). The first-order valence-electron chi connectivity index (χ1n) is 9.57. The van der Waals surface area contributed by atoms with Crippen LogP contribution >= 0.6 is 0 Å². The van der Waals surface area contributed by atoms with Crippen LogP contribution in [0, 0.1) is 28.4 Å². The standard InChI is InChI=1S/C22H18N6O4/c1-3-15-4-8-17(9-5-15)27-22(30)19(12-23)14(2)20(26-27)21(29)25-24-13-16-6-10-18(11-7-16)28(31)32/h4-11,13H,3H2,1-2H3,(H,25,29)/b24-13+. The summed E-state index contributed by atoms with van der Waals surface area (Å²) in [6, 6.07) is 14.5. The van der Waals surface area contributed by atoms with E-state index in [4.69, 9.17) is 0 Å². The van der Waals surface area contributed by atoms with Gasteiger partial charge in [0, 0.05) is 17.7 Å². The van der Waals surface area contributed by atoms with Gasteiger partial charge in [-0.3, -0.25) is 19.7 Å². The van der Waals surface area contributed by atoms with Gasteiger partial charge in [-0.2, -0.15) is 20.1 Å². The fourth-order valence-corrected chi connectivity index (χ4v) is 2.90. The minimum atomic E-state index is -0.712. The molecule has 0 aliphatic rings. The van der Waals surface area contributed by atoms with Crippen molar-refractivity contribution in [3.8, 4) is 11.8 Å². The van der Waals surface area contributed by atoms with Gasteiger partial charge in [-0.1, -0.05) is 19.1 Å². The highest BCUT2D eigenvalue weighted by Gasteiger charge is 2.20. The Kier molecular flexibility index (Phi) is 6.50. The van der Waals surface area contributed by atoms with Crippen molar-refractivity contribution < 1.29 is 9.72 Å². The lowest BCUT2D eigenvalue weighted by atomic mass is 10.1. The van der Waals surface area contributed by atoms with Crippen LogP contribution in [-0.2, 0) is 6.42 Å². The quantitative estimate of drug-likeness (QED) is 0.362. The Bertz CT molecular complexity index is 1300. The number of hydrogen-bond donors (Lipinski definition) is 1. The summed E-state index contributed by atoms with van der Waals surface area (Å²) in [4.78, 5) is 35.5. The summed E-state index contributed by atoms with van der Waals surface area (Å²) in [5.74, 6) is -0.712. The molecule has 160 valence electrons.